The van der Waals surface area contributed by atoms with Crippen LogP contribution in [0.25, 0.3) is 5.69 Å². The van der Waals surface area contributed by atoms with Gasteiger partial charge in [0, 0.05) is 32.4 Å². The Labute approximate surface area is 177 Å². The van der Waals surface area contributed by atoms with Gasteiger partial charge in [-0.3, -0.25) is 9.79 Å². The fourth-order valence-corrected chi connectivity index (χ4v) is 2.43. The highest BCUT2D eigenvalue weighted by Gasteiger charge is 2.17. The first-order valence-corrected chi connectivity index (χ1v) is 8.51. The first-order chi connectivity index (χ1) is 12.3. The maximum Gasteiger partial charge on any atom is 0.325 e. The number of esters is 1. The van der Waals surface area contributed by atoms with Gasteiger partial charge in [0.15, 0.2) is 5.96 Å². The molecule has 148 valence electrons. The number of ether oxygens (including phenoxy) is 1. The number of hydrogen-bond acceptors (Lipinski definition) is 4. The third-order valence-corrected chi connectivity index (χ3v) is 3.46. The van der Waals surface area contributed by atoms with Crippen molar-refractivity contribution in [2.75, 3.05) is 20.6 Å². The van der Waals surface area contributed by atoms with Crippen molar-refractivity contribution in [1.82, 2.24) is 20.0 Å². The minimum Gasteiger partial charge on any atom is -0.459 e. The molecule has 0 aliphatic rings. The summed E-state index contributed by atoms with van der Waals surface area (Å²) in [4.78, 5) is 18.0. The number of rotatable bonds is 5. The normalized spacial score (nSPS) is 11.5. The number of para-hydroxylation sites is 1. The number of guanidine groups is 1. The summed E-state index contributed by atoms with van der Waals surface area (Å²) < 4.78 is 7.13. The van der Waals surface area contributed by atoms with Gasteiger partial charge in [-0.2, -0.15) is 5.10 Å². The Morgan fingerprint density at radius 1 is 1.30 bits per heavy atom. The fourth-order valence-electron chi connectivity index (χ4n) is 2.43. The highest BCUT2D eigenvalue weighted by Crippen LogP contribution is 2.09. The molecule has 0 saturated carbocycles. The Morgan fingerprint density at radius 2 is 1.96 bits per heavy atom. The van der Waals surface area contributed by atoms with Gasteiger partial charge >= 0.3 is 5.97 Å². The molecule has 1 heterocycles. The van der Waals surface area contributed by atoms with Gasteiger partial charge in [-0.05, 0) is 32.9 Å². The minimum atomic E-state index is -0.500. The molecule has 0 saturated heterocycles. The Hall–Kier alpha value is -2.10. The second kappa shape index (κ2) is 10.3. The smallest absolute Gasteiger partial charge is 0.325 e. The van der Waals surface area contributed by atoms with Crippen LogP contribution in [0.5, 0.6) is 0 Å². The quantitative estimate of drug-likeness (QED) is 0.305. The van der Waals surface area contributed by atoms with Crippen molar-refractivity contribution in [2.45, 2.75) is 32.9 Å². The van der Waals surface area contributed by atoms with Gasteiger partial charge in [-0.1, -0.05) is 18.2 Å². The van der Waals surface area contributed by atoms with Crippen molar-refractivity contribution in [2.24, 2.45) is 4.99 Å². The number of benzene rings is 1. The SMILES string of the molecule is CN=C(NCC(=O)OC(C)(C)C)N(C)Cc1cnn(-c2ccccc2)c1.I. The van der Waals surface area contributed by atoms with Gasteiger partial charge in [0.2, 0.25) is 0 Å². The molecule has 0 bridgehead atoms. The first-order valence-electron chi connectivity index (χ1n) is 8.51. The topological polar surface area (TPSA) is 71.8 Å². The van der Waals surface area contributed by atoms with E-state index in [1.54, 1.807) is 7.05 Å². The number of nitrogens with one attached hydrogen (secondary N) is 1. The van der Waals surface area contributed by atoms with E-state index in [-0.39, 0.29) is 36.5 Å². The largest absolute Gasteiger partial charge is 0.459 e. The van der Waals surface area contributed by atoms with Gasteiger partial charge in [0.1, 0.15) is 12.1 Å². The summed E-state index contributed by atoms with van der Waals surface area (Å²) in [5.74, 6) is 0.298. The molecule has 0 spiro atoms. The maximum atomic E-state index is 11.8. The third-order valence-electron chi connectivity index (χ3n) is 3.46. The van der Waals surface area contributed by atoms with E-state index in [1.807, 2.05) is 80.1 Å². The number of hydrogen-bond donors (Lipinski definition) is 1. The maximum absolute atomic E-state index is 11.8. The van der Waals surface area contributed by atoms with Crippen LogP contribution in [0.15, 0.2) is 47.7 Å². The van der Waals surface area contributed by atoms with Crippen molar-refractivity contribution in [1.29, 1.82) is 0 Å². The van der Waals surface area contributed by atoms with Crippen molar-refractivity contribution in [3.8, 4) is 5.69 Å². The Kier molecular flexibility index (Phi) is 8.74. The Bertz CT molecular complexity index is 753. The number of aromatic nitrogens is 2. The monoisotopic (exact) mass is 485 g/mol. The van der Waals surface area contributed by atoms with E-state index >= 15 is 0 Å². The second-order valence-corrected chi connectivity index (χ2v) is 6.97. The average Bonchev–Trinajstić information content (AvgIpc) is 3.03. The molecule has 8 heteroatoms. The summed E-state index contributed by atoms with van der Waals surface area (Å²) in [7, 11) is 3.59. The molecular weight excluding hydrogens is 457 g/mol. The van der Waals surface area contributed by atoms with E-state index in [0.717, 1.165) is 11.3 Å². The Morgan fingerprint density at radius 3 is 2.56 bits per heavy atom. The molecule has 0 radical (unpaired) electrons. The molecule has 0 aliphatic carbocycles. The van der Waals surface area contributed by atoms with Crippen molar-refractivity contribution in [3.63, 3.8) is 0 Å². The summed E-state index contributed by atoms with van der Waals surface area (Å²) >= 11 is 0. The predicted octanol–water partition coefficient (Wildman–Crippen LogP) is 2.84. The van der Waals surface area contributed by atoms with Crippen LogP contribution in [-0.4, -0.2) is 52.9 Å². The van der Waals surface area contributed by atoms with E-state index in [9.17, 15) is 4.79 Å². The zero-order chi connectivity index (χ0) is 19.2. The van der Waals surface area contributed by atoms with Crippen molar-refractivity contribution >= 4 is 35.9 Å². The lowest BCUT2D eigenvalue weighted by molar-refractivity contribution is -0.153. The van der Waals surface area contributed by atoms with Crippen molar-refractivity contribution < 1.29 is 9.53 Å². The molecule has 0 fully saturated rings. The van der Waals surface area contributed by atoms with E-state index in [1.165, 1.54) is 0 Å². The summed E-state index contributed by atoms with van der Waals surface area (Å²) in [6.07, 6.45) is 3.80. The number of halogens is 1. The van der Waals surface area contributed by atoms with Crippen LogP contribution in [0.4, 0.5) is 0 Å². The van der Waals surface area contributed by atoms with Crippen LogP contribution in [0.1, 0.15) is 26.3 Å². The molecule has 0 aliphatic heterocycles. The van der Waals surface area contributed by atoms with Crippen LogP contribution < -0.4 is 5.32 Å². The lowest BCUT2D eigenvalue weighted by Gasteiger charge is -2.23. The second-order valence-electron chi connectivity index (χ2n) is 6.97. The lowest BCUT2D eigenvalue weighted by atomic mass is 10.2. The van der Waals surface area contributed by atoms with Crippen LogP contribution in [0, 0.1) is 0 Å². The third kappa shape index (κ3) is 7.58. The van der Waals surface area contributed by atoms with Crippen LogP contribution in [-0.2, 0) is 16.1 Å². The molecule has 7 nitrogen and oxygen atoms in total. The van der Waals surface area contributed by atoms with Gasteiger partial charge in [0.25, 0.3) is 0 Å². The highest BCUT2D eigenvalue weighted by molar-refractivity contribution is 14.0. The lowest BCUT2D eigenvalue weighted by Crippen LogP contribution is -2.42. The number of nitrogens with zero attached hydrogens (tertiary/aromatic N) is 4. The zero-order valence-electron chi connectivity index (χ0n) is 16.5. The molecule has 1 aromatic carbocycles. The first kappa shape index (κ1) is 22.9. The van der Waals surface area contributed by atoms with Gasteiger partial charge in [-0.15, -0.1) is 24.0 Å². The van der Waals surface area contributed by atoms with E-state index in [0.29, 0.717) is 12.5 Å². The van der Waals surface area contributed by atoms with Crippen LogP contribution >= 0.6 is 24.0 Å². The molecule has 2 rings (SSSR count). The average molecular weight is 485 g/mol. The number of carbonyl (C=O) groups is 1. The predicted molar refractivity (Wildman–Crippen MR) is 118 cm³/mol. The molecule has 1 N–H and O–H groups in total. The molecule has 0 atom stereocenters. The molecule has 1 aromatic heterocycles. The van der Waals surface area contributed by atoms with Gasteiger partial charge in [-0.25, -0.2) is 4.68 Å². The van der Waals surface area contributed by atoms with Crippen LogP contribution in [0.2, 0.25) is 0 Å². The standard InChI is InChI=1S/C19H27N5O2.HI/c1-19(2,3)26-17(25)12-21-18(20-4)23(5)13-15-11-22-24(14-15)16-9-7-6-8-10-16;/h6-11,14H,12-13H2,1-5H3,(H,20,21);1H. The Balaban J connectivity index is 0.00000364. The van der Waals surface area contributed by atoms with Crippen LogP contribution in [0.3, 0.4) is 0 Å². The summed E-state index contributed by atoms with van der Waals surface area (Å²) in [5.41, 5.74) is 1.55. The van der Waals surface area contributed by atoms with E-state index in [4.69, 9.17) is 4.74 Å². The number of aliphatic imine (C=N–C) groups is 1. The summed E-state index contributed by atoms with van der Waals surface area (Å²) in [6, 6.07) is 9.93. The molecule has 0 amide bonds. The number of carbonyl (C=O) groups excluding carboxylic acids is 1. The molecule has 2 aromatic rings. The summed E-state index contributed by atoms with van der Waals surface area (Å²) in [5, 5.41) is 7.42. The van der Waals surface area contributed by atoms with Gasteiger partial charge < -0.3 is 15.0 Å². The van der Waals surface area contributed by atoms with E-state index in [2.05, 4.69) is 15.4 Å². The molecule has 27 heavy (non-hydrogen) atoms. The molecule has 0 unspecified atom stereocenters. The fraction of sp³-hybridized carbons (Fsp3) is 0.421. The highest BCUT2D eigenvalue weighted by atomic mass is 127. The molecular formula is C19H28IN5O2. The van der Waals surface area contributed by atoms with Gasteiger partial charge in [0.05, 0.1) is 11.9 Å². The summed E-state index contributed by atoms with van der Waals surface area (Å²) in [6.45, 7) is 6.21. The minimum absolute atomic E-state index is 0. The zero-order valence-corrected chi connectivity index (χ0v) is 18.8. The van der Waals surface area contributed by atoms with Crippen molar-refractivity contribution in [3.05, 3.63) is 48.3 Å². The van der Waals surface area contributed by atoms with E-state index < -0.39 is 5.60 Å².